The van der Waals surface area contributed by atoms with Crippen molar-refractivity contribution < 1.29 is 10.2 Å². The van der Waals surface area contributed by atoms with Gasteiger partial charge in [0.1, 0.15) is 0 Å². The van der Waals surface area contributed by atoms with E-state index in [0.717, 1.165) is 0 Å². The molecule has 0 radical (unpaired) electrons. The summed E-state index contributed by atoms with van der Waals surface area (Å²) >= 11 is 0. The zero-order valence-electron chi connectivity index (χ0n) is 9.28. The molecular formula is C11H19NO2. The lowest BCUT2D eigenvalue weighted by atomic mass is 9.96. The van der Waals surface area contributed by atoms with Gasteiger partial charge in [0.15, 0.2) is 0 Å². The summed E-state index contributed by atoms with van der Waals surface area (Å²) in [6.45, 7) is 8.10. The van der Waals surface area contributed by atoms with E-state index in [-0.39, 0.29) is 23.4 Å². The summed E-state index contributed by atoms with van der Waals surface area (Å²) in [7, 11) is 0. The van der Waals surface area contributed by atoms with Crippen LogP contribution >= 0.6 is 0 Å². The fraction of sp³-hybridized carbons (Fsp3) is 0.909. The predicted octanol–water partition coefficient (Wildman–Crippen LogP) is 1.16. The van der Waals surface area contributed by atoms with Crippen LogP contribution in [0.3, 0.4) is 0 Å². The van der Waals surface area contributed by atoms with Crippen molar-refractivity contribution in [3.8, 4) is 6.07 Å². The van der Waals surface area contributed by atoms with Gasteiger partial charge in [0, 0.05) is 0 Å². The first-order chi connectivity index (χ1) is 6.30. The summed E-state index contributed by atoms with van der Waals surface area (Å²) in [5.41, 5.74) is 0.105. The van der Waals surface area contributed by atoms with Gasteiger partial charge in [-0.05, 0) is 16.7 Å². The minimum Gasteiger partial charge on any atom is -0.395 e. The Morgan fingerprint density at radius 3 is 1.93 bits per heavy atom. The molecular weight excluding hydrogens is 178 g/mol. The van der Waals surface area contributed by atoms with Crippen LogP contribution in [0.5, 0.6) is 0 Å². The molecule has 1 fully saturated rings. The quantitative estimate of drug-likeness (QED) is 0.713. The lowest BCUT2D eigenvalue weighted by Gasteiger charge is -2.16. The van der Waals surface area contributed by atoms with E-state index < -0.39 is 12.0 Å². The van der Waals surface area contributed by atoms with Gasteiger partial charge in [-0.15, -0.1) is 0 Å². The molecule has 0 aromatic carbocycles. The van der Waals surface area contributed by atoms with Gasteiger partial charge in [0.05, 0.1) is 24.7 Å². The molecule has 0 spiro atoms. The van der Waals surface area contributed by atoms with Crippen LogP contribution in [-0.2, 0) is 0 Å². The number of aliphatic hydroxyl groups excluding tert-OH is 2. The largest absolute Gasteiger partial charge is 0.395 e. The van der Waals surface area contributed by atoms with Gasteiger partial charge in [0.25, 0.3) is 0 Å². The standard InChI is InChI=1S/C11H19NO2/c1-10(2)9(11(10,3)4)8(14)7(5-12)6-13/h7-9,13-14H,6H2,1-4H3. The van der Waals surface area contributed by atoms with E-state index >= 15 is 0 Å². The highest BCUT2D eigenvalue weighted by atomic mass is 16.3. The Hall–Kier alpha value is -0.590. The second-order valence-electron chi connectivity index (χ2n) is 5.33. The Morgan fingerprint density at radius 1 is 1.29 bits per heavy atom. The molecule has 3 heteroatoms. The van der Waals surface area contributed by atoms with Crippen molar-refractivity contribution in [2.45, 2.75) is 33.8 Å². The smallest absolute Gasteiger partial charge is 0.0956 e. The van der Waals surface area contributed by atoms with Crippen molar-refractivity contribution in [2.75, 3.05) is 6.61 Å². The van der Waals surface area contributed by atoms with E-state index in [1.165, 1.54) is 0 Å². The maximum atomic E-state index is 9.94. The van der Waals surface area contributed by atoms with E-state index in [9.17, 15) is 5.11 Å². The molecule has 0 aromatic rings. The summed E-state index contributed by atoms with van der Waals surface area (Å²) in [6.07, 6.45) is -0.713. The maximum Gasteiger partial charge on any atom is 0.0956 e. The van der Waals surface area contributed by atoms with E-state index in [2.05, 4.69) is 27.7 Å². The monoisotopic (exact) mass is 197 g/mol. The van der Waals surface area contributed by atoms with Crippen LogP contribution in [0.1, 0.15) is 27.7 Å². The highest BCUT2D eigenvalue weighted by Gasteiger charge is 2.67. The van der Waals surface area contributed by atoms with Crippen LogP contribution in [0.4, 0.5) is 0 Å². The topological polar surface area (TPSA) is 64.2 Å². The van der Waals surface area contributed by atoms with Crippen molar-refractivity contribution in [3.05, 3.63) is 0 Å². The number of hydrogen-bond donors (Lipinski definition) is 2. The number of nitrogens with zero attached hydrogens (tertiary/aromatic N) is 1. The van der Waals surface area contributed by atoms with Gasteiger partial charge in [-0.2, -0.15) is 5.26 Å². The van der Waals surface area contributed by atoms with Crippen molar-refractivity contribution in [1.82, 2.24) is 0 Å². The van der Waals surface area contributed by atoms with Crippen molar-refractivity contribution in [2.24, 2.45) is 22.7 Å². The van der Waals surface area contributed by atoms with E-state index in [1.807, 2.05) is 6.07 Å². The molecule has 0 aromatic heterocycles. The molecule has 1 saturated carbocycles. The average molecular weight is 197 g/mol. The van der Waals surface area contributed by atoms with Crippen LogP contribution in [-0.4, -0.2) is 22.9 Å². The van der Waals surface area contributed by atoms with Gasteiger partial charge in [-0.25, -0.2) is 0 Å². The van der Waals surface area contributed by atoms with Gasteiger partial charge < -0.3 is 10.2 Å². The average Bonchev–Trinajstić information content (AvgIpc) is 2.44. The summed E-state index contributed by atoms with van der Waals surface area (Å²) in [5, 5.41) is 27.6. The van der Waals surface area contributed by atoms with Gasteiger partial charge in [-0.3, -0.25) is 0 Å². The number of nitriles is 1. The molecule has 80 valence electrons. The Kier molecular flexibility index (Phi) is 2.64. The Bertz CT molecular complexity index is 251. The summed E-state index contributed by atoms with van der Waals surface area (Å²) in [5.74, 6) is -0.548. The van der Waals surface area contributed by atoms with Crippen LogP contribution in [0, 0.1) is 34.0 Å². The molecule has 3 nitrogen and oxygen atoms in total. The fourth-order valence-corrected chi connectivity index (χ4v) is 2.56. The summed E-state index contributed by atoms with van der Waals surface area (Å²) < 4.78 is 0. The van der Waals surface area contributed by atoms with Gasteiger partial charge >= 0.3 is 0 Å². The van der Waals surface area contributed by atoms with Crippen LogP contribution in [0.25, 0.3) is 0 Å². The number of hydrogen-bond acceptors (Lipinski definition) is 3. The minimum atomic E-state index is -0.713. The summed E-state index contributed by atoms with van der Waals surface area (Å²) in [6, 6.07) is 1.95. The normalized spacial score (nSPS) is 27.8. The molecule has 1 rings (SSSR count). The first-order valence-electron chi connectivity index (χ1n) is 4.99. The fourth-order valence-electron chi connectivity index (χ4n) is 2.56. The molecule has 14 heavy (non-hydrogen) atoms. The third-order valence-corrected chi connectivity index (χ3v) is 4.25. The summed E-state index contributed by atoms with van der Waals surface area (Å²) in [4.78, 5) is 0. The van der Waals surface area contributed by atoms with Gasteiger partial charge in [0.2, 0.25) is 0 Å². The lowest BCUT2D eigenvalue weighted by molar-refractivity contribution is 0.0624. The maximum absolute atomic E-state index is 9.94. The second kappa shape index (κ2) is 3.22. The first kappa shape index (κ1) is 11.5. The third-order valence-electron chi connectivity index (χ3n) is 4.25. The Morgan fingerprint density at radius 2 is 1.71 bits per heavy atom. The molecule has 0 amide bonds. The van der Waals surface area contributed by atoms with Crippen LogP contribution in [0.15, 0.2) is 0 Å². The second-order valence-corrected chi connectivity index (χ2v) is 5.33. The van der Waals surface area contributed by atoms with Crippen molar-refractivity contribution >= 4 is 0 Å². The SMILES string of the molecule is CC1(C)C(C(O)C(C#N)CO)C1(C)C. The van der Waals surface area contributed by atoms with Crippen molar-refractivity contribution in [1.29, 1.82) is 5.26 Å². The molecule has 0 bridgehead atoms. The molecule has 2 atom stereocenters. The number of rotatable bonds is 3. The van der Waals surface area contributed by atoms with E-state index in [1.54, 1.807) is 0 Å². The zero-order chi connectivity index (χ0) is 11.1. The third kappa shape index (κ3) is 1.34. The zero-order valence-corrected chi connectivity index (χ0v) is 9.28. The lowest BCUT2D eigenvalue weighted by Crippen LogP contribution is -2.27. The molecule has 0 aliphatic heterocycles. The molecule has 0 heterocycles. The predicted molar refractivity (Wildman–Crippen MR) is 53.2 cm³/mol. The number of aliphatic hydroxyl groups is 2. The van der Waals surface area contributed by atoms with Crippen LogP contribution in [0.2, 0.25) is 0 Å². The highest BCUT2D eigenvalue weighted by Crippen LogP contribution is 2.70. The molecule has 1 aliphatic carbocycles. The molecule has 1 aliphatic rings. The Labute approximate surface area is 85.4 Å². The van der Waals surface area contributed by atoms with Gasteiger partial charge in [-0.1, -0.05) is 27.7 Å². The minimum absolute atomic E-state index is 0.0523. The van der Waals surface area contributed by atoms with Crippen molar-refractivity contribution in [3.63, 3.8) is 0 Å². The molecule has 0 saturated heterocycles. The van der Waals surface area contributed by atoms with Crippen LogP contribution < -0.4 is 0 Å². The molecule has 2 N–H and O–H groups in total. The highest BCUT2D eigenvalue weighted by molar-refractivity contribution is 5.17. The first-order valence-corrected chi connectivity index (χ1v) is 4.99. The van der Waals surface area contributed by atoms with E-state index in [0.29, 0.717) is 0 Å². The van der Waals surface area contributed by atoms with E-state index in [4.69, 9.17) is 10.4 Å². The Balaban J connectivity index is 2.75. The molecule has 2 unspecified atom stereocenters.